The van der Waals surface area contributed by atoms with E-state index < -0.39 is 0 Å². The summed E-state index contributed by atoms with van der Waals surface area (Å²) in [7, 11) is 0. The molecule has 124 valence electrons. The van der Waals surface area contributed by atoms with E-state index in [1.807, 2.05) is 18.2 Å². The van der Waals surface area contributed by atoms with Gasteiger partial charge >= 0.3 is 0 Å². The van der Waals surface area contributed by atoms with Gasteiger partial charge in [0.1, 0.15) is 5.15 Å². The molecule has 2 heterocycles. The summed E-state index contributed by atoms with van der Waals surface area (Å²) in [5, 5.41) is 3.40. The van der Waals surface area contributed by atoms with Gasteiger partial charge in [0, 0.05) is 30.9 Å². The van der Waals surface area contributed by atoms with E-state index in [2.05, 4.69) is 10.3 Å². The molecule has 0 bridgehead atoms. The third-order valence-electron chi connectivity index (χ3n) is 4.13. The molecular weight excluding hydrogens is 326 g/mol. The van der Waals surface area contributed by atoms with Gasteiger partial charge in [-0.05, 0) is 37.1 Å². The third-order valence-corrected chi connectivity index (χ3v) is 4.35. The molecule has 0 atom stereocenters. The van der Waals surface area contributed by atoms with Gasteiger partial charge in [0.15, 0.2) is 0 Å². The maximum absolute atomic E-state index is 12.4. The highest BCUT2D eigenvalue weighted by Gasteiger charge is 2.25. The van der Waals surface area contributed by atoms with Crippen molar-refractivity contribution in [2.45, 2.75) is 18.9 Å². The maximum atomic E-state index is 12.4. The highest BCUT2D eigenvalue weighted by atomic mass is 35.5. The molecule has 24 heavy (non-hydrogen) atoms. The summed E-state index contributed by atoms with van der Waals surface area (Å²) in [4.78, 5) is 30.3. The van der Waals surface area contributed by atoms with Gasteiger partial charge < -0.3 is 10.2 Å². The molecule has 6 heteroatoms. The van der Waals surface area contributed by atoms with Crippen LogP contribution in [0, 0.1) is 0 Å². The fraction of sp³-hybridized carbons (Fsp3) is 0.278. The molecule has 3 rings (SSSR count). The van der Waals surface area contributed by atoms with Crippen molar-refractivity contribution in [3.8, 4) is 0 Å². The molecule has 5 nitrogen and oxygen atoms in total. The van der Waals surface area contributed by atoms with E-state index in [0.29, 0.717) is 29.4 Å². The first kappa shape index (κ1) is 16.5. The number of rotatable bonds is 3. The summed E-state index contributed by atoms with van der Waals surface area (Å²) in [5.74, 6) is -0.116. The Balaban J connectivity index is 1.53. The molecule has 0 unspecified atom stereocenters. The minimum absolute atomic E-state index is 0.0491. The number of nitrogens with zero attached hydrogens (tertiary/aromatic N) is 2. The van der Waals surface area contributed by atoms with Gasteiger partial charge in [-0.3, -0.25) is 9.59 Å². The van der Waals surface area contributed by atoms with Crippen molar-refractivity contribution in [3.63, 3.8) is 0 Å². The smallest absolute Gasteiger partial charge is 0.255 e. The maximum Gasteiger partial charge on any atom is 0.255 e. The van der Waals surface area contributed by atoms with Crippen LogP contribution in [0.15, 0.2) is 48.7 Å². The zero-order chi connectivity index (χ0) is 16.9. The van der Waals surface area contributed by atoms with Crippen molar-refractivity contribution in [1.82, 2.24) is 15.2 Å². The summed E-state index contributed by atoms with van der Waals surface area (Å²) in [6, 6.07) is 12.5. The van der Waals surface area contributed by atoms with Crippen LogP contribution >= 0.6 is 11.6 Å². The molecule has 1 aromatic heterocycles. The number of hydrogen-bond acceptors (Lipinski definition) is 3. The highest BCUT2D eigenvalue weighted by molar-refractivity contribution is 6.29. The highest BCUT2D eigenvalue weighted by Crippen LogP contribution is 2.15. The van der Waals surface area contributed by atoms with Crippen molar-refractivity contribution in [1.29, 1.82) is 0 Å². The number of amides is 2. The minimum Gasteiger partial charge on any atom is -0.349 e. The molecule has 0 saturated carbocycles. The van der Waals surface area contributed by atoms with Crippen molar-refractivity contribution in [2.75, 3.05) is 13.1 Å². The van der Waals surface area contributed by atoms with Crippen LogP contribution in [0.1, 0.15) is 33.6 Å². The van der Waals surface area contributed by atoms with Gasteiger partial charge in [-0.25, -0.2) is 4.98 Å². The summed E-state index contributed by atoms with van der Waals surface area (Å²) in [6.45, 7) is 1.22. The van der Waals surface area contributed by atoms with Gasteiger partial charge in [-0.15, -0.1) is 0 Å². The molecule has 2 aromatic rings. The van der Waals surface area contributed by atoms with E-state index in [1.165, 1.54) is 6.20 Å². The second-order valence-corrected chi connectivity index (χ2v) is 6.16. The number of piperidine rings is 1. The van der Waals surface area contributed by atoms with Gasteiger partial charge in [0.2, 0.25) is 0 Å². The first-order valence-corrected chi connectivity index (χ1v) is 8.28. The van der Waals surface area contributed by atoms with Gasteiger partial charge in [-0.1, -0.05) is 29.8 Å². The quantitative estimate of drug-likeness (QED) is 0.872. The van der Waals surface area contributed by atoms with Crippen molar-refractivity contribution >= 4 is 23.4 Å². The van der Waals surface area contributed by atoms with Crippen molar-refractivity contribution < 1.29 is 9.59 Å². The molecule has 1 N–H and O–H groups in total. The van der Waals surface area contributed by atoms with Gasteiger partial charge in [-0.2, -0.15) is 0 Å². The minimum atomic E-state index is -0.0673. The monoisotopic (exact) mass is 343 g/mol. The second-order valence-electron chi connectivity index (χ2n) is 5.78. The molecule has 1 fully saturated rings. The normalized spacial score (nSPS) is 15.1. The Kier molecular flexibility index (Phi) is 5.11. The largest absolute Gasteiger partial charge is 0.349 e. The number of aromatic nitrogens is 1. The van der Waals surface area contributed by atoms with Crippen LogP contribution in [0.2, 0.25) is 5.15 Å². The standard InChI is InChI=1S/C18H18ClN3O2/c19-16-7-6-14(12-20-16)18(24)22-10-8-15(9-11-22)21-17(23)13-4-2-1-3-5-13/h1-7,12,15H,8-11H2,(H,21,23). The van der Waals surface area contributed by atoms with Crippen LogP contribution in [0.25, 0.3) is 0 Å². The van der Waals surface area contributed by atoms with E-state index in [1.54, 1.807) is 29.2 Å². The topological polar surface area (TPSA) is 62.3 Å². The van der Waals surface area contributed by atoms with Crippen LogP contribution in [0.3, 0.4) is 0 Å². The predicted octanol–water partition coefficient (Wildman–Crippen LogP) is 2.77. The average Bonchev–Trinajstić information content (AvgIpc) is 2.63. The van der Waals surface area contributed by atoms with Gasteiger partial charge in [0.05, 0.1) is 5.56 Å². The summed E-state index contributed by atoms with van der Waals surface area (Å²) >= 11 is 5.74. The molecule has 0 radical (unpaired) electrons. The average molecular weight is 344 g/mol. The Morgan fingerprint density at radius 2 is 1.75 bits per heavy atom. The SMILES string of the molecule is O=C(NC1CCN(C(=O)c2ccc(Cl)nc2)CC1)c1ccccc1. The van der Waals surface area contributed by atoms with Crippen molar-refractivity contribution in [3.05, 3.63) is 64.9 Å². The molecule has 1 aliphatic heterocycles. The number of carbonyl (C=O) groups is 2. The zero-order valence-electron chi connectivity index (χ0n) is 13.1. The Bertz CT molecular complexity index is 711. The Labute approximate surface area is 145 Å². The van der Waals surface area contributed by atoms with Crippen molar-refractivity contribution in [2.24, 2.45) is 0 Å². The van der Waals surface area contributed by atoms with Crippen LogP contribution in [-0.2, 0) is 0 Å². The van der Waals surface area contributed by atoms with Crippen LogP contribution in [0.5, 0.6) is 0 Å². The first-order valence-electron chi connectivity index (χ1n) is 7.90. The number of halogens is 1. The molecule has 1 aliphatic rings. The molecule has 0 aliphatic carbocycles. The molecule has 1 aromatic carbocycles. The lowest BCUT2D eigenvalue weighted by Gasteiger charge is -2.32. The third kappa shape index (κ3) is 3.92. The number of hydrogen-bond donors (Lipinski definition) is 1. The van der Waals surface area contributed by atoms with Crippen LogP contribution < -0.4 is 5.32 Å². The number of pyridine rings is 1. The van der Waals surface area contributed by atoms with Gasteiger partial charge in [0.25, 0.3) is 11.8 Å². The Morgan fingerprint density at radius 3 is 2.38 bits per heavy atom. The molecule has 1 saturated heterocycles. The lowest BCUT2D eigenvalue weighted by Crippen LogP contribution is -2.46. The number of likely N-dealkylation sites (tertiary alicyclic amines) is 1. The Hall–Kier alpha value is -2.40. The van der Waals surface area contributed by atoms with E-state index in [9.17, 15) is 9.59 Å². The summed E-state index contributed by atoms with van der Waals surface area (Å²) < 4.78 is 0. The fourth-order valence-electron chi connectivity index (χ4n) is 2.77. The van der Waals surface area contributed by atoms with Crippen LogP contribution in [0.4, 0.5) is 0 Å². The lowest BCUT2D eigenvalue weighted by molar-refractivity contribution is 0.0697. The molecule has 0 spiro atoms. The summed E-state index contributed by atoms with van der Waals surface area (Å²) in [6.07, 6.45) is 2.98. The zero-order valence-corrected chi connectivity index (χ0v) is 13.9. The molecular formula is C18H18ClN3O2. The predicted molar refractivity (Wildman–Crippen MR) is 92.1 cm³/mol. The van der Waals surface area contributed by atoms with Crippen LogP contribution in [-0.4, -0.2) is 40.8 Å². The van der Waals surface area contributed by atoms with E-state index in [4.69, 9.17) is 11.6 Å². The number of benzene rings is 1. The molecule has 2 amide bonds. The first-order chi connectivity index (χ1) is 11.6. The van der Waals surface area contributed by atoms with E-state index in [0.717, 1.165) is 12.8 Å². The number of nitrogens with one attached hydrogen (secondary N) is 1. The second kappa shape index (κ2) is 7.45. The Morgan fingerprint density at radius 1 is 1.04 bits per heavy atom. The number of carbonyl (C=O) groups excluding carboxylic acids is 2. The summed E-state index contributed by atoms with van der Waals surface area (Å²) in [5.41, 5.74) is 1.19. The fourth-order valence-corrected chi connectivity index (χ4v) is 2.88. The van der Waals surface area contributed by atoms with E-state index >= 15 is 0 Å². The lowest BCUT2D eigenvalue weighted by atomic mass is 10.0. The van der Waals surface area contributed by atoms with E-state index in [-0.39, 0.29) is 17.9 Å².